The van der Waals surface area contributed by atoms with Gasteiger partial charge in [-0.05, 0) is 30.5 Å². The first kappa shape index (κ1) is 12.3. The number of aryl methyl sites for hydroxylation is 1. The minimum Gasteiger partial charge on any atom is -0.507 e. The Labute approximate surface area is 96.1 Å². The summed E-state index contributed by atoms with van der Waals surface area (Å²) in [7, 11) is 0. The lowest BCUT2D eigenvalue weighted by Gasteiger charge is -2.20. The van der Waals surface area contributed by atoms with Gasteiger partial charge in [-0.3, -0.25) is 0 Å². The second-order valence-corrected chi connectivity index (χ2v) is 4.51. The first-order valence-electron chi connectivity index (χ1n) is 5.22. The van der Waals surface area contributed by atoms with Crippen LogP contribution >= 0.6 is 11.6 Å². The Morgan fingerprint density at radius 3 is 2.60 bits per heavy atom. The molecule has 0 saturated heterocycles. The first-order valence-corrected chi connectivity index (χ1v) is 5.59. The minimum atomic E-state index is -0.160. The molecule has 3 N–H and O–H groups in total. The van der Waals surface area contributed by atoms with Crippen LogP contribution in [0.5, 0.6) is 5.75 Å². The number of rotatable bonds is 3. The molecule has 84 valence electrons. The van der Waals surface area contributed by atoms with Crippen molar-refractivity contribution in [3.8, 4) is 5.75 Å². The average Bonchev–Trinajstić information content (AvgIpc) is 2.21. The van der Waals surface area contributed by atoms with E-state index < -0.39 is 0 Å². The molecule has 0 heterocycles. The molecule has 1 aromatic carbocycles. The van der Waals surface area contributed by atoms with Crippen LogP contribution in [0.2, 0.25) is 5.02 Å². The van der Waals surface area contributed by atoms with Crippen LogP contribution < -0.4 is 5.73 Å². The summed E-state index contributed by atoms with van der Waals surface area (Å²) in [5.74, 6) is 0.598. The highest BCUT2D eigenvalue weighted by molar-refractivity contribution is 6.30. The van der Waals surface area contributed by atoms with Gasteiger partial charge in [0.1, 0.15) is 5.75 Å². The lowest BCUT2D eigenvalue weighted by molar-refractivity contribution is 0.417. The summed E-state index contributed by atoms with van der Waals surface area (Å²) in [5.41, 5.74) is 7.59. The topological polar surface area (TPSA) is 46.2 Å². The number of nitrogens with two attached hydrogens (primary N) is 1. The van der Waals surface area contributed by atoms with Crippen molar-refractivity contribution in [3.05, 3.63) is 28.3 Å². The molecule has 0 fully saturated rings. The van der Waals surface area contributed by atoms with Gasteiger partial charge in [0.05, 0.1) is 0 Å². The van der Waals surface area contributed by atoms with Gasteiger partial charge in [-0.1, -0.05) is 31.9 Å². The number of phenolic OH excluding ortho intramolecular Hbond substituents is 1. The fourth-order valence-electron chi connectivity index (χ4n) is 1.58. The van der Waals surface area contributed by atoms with Crippen LogP contribution in [0.1, 0.15) is 37.4 Å². The van der Waals surface area contributed by atoms with Gasteiger partial charge in [-0.15, -0.1) is 0 Å². The first-order chi connectivity index (χ1) is 6.97. The predicted molar refractivity (Wildman–Crippen MR) is 64.2 cm³/mol. The van der Waals surface area contributed by atoms with E-state index in [-0.39, 0.29) is 11.8 Å². The molecule has 0 bridgehead atoms. The molecular weight excluding hydrogens is 210 g/mol. The molecule has 2 nitrogen and oxygen atoms in total. The zero-order valence-corrected chi connectivity index (χ0v) is 10.2. The van der Waals surface area contributed by atoms with Crippen molar-refractivity contribution in [1.82, 2.24) is 0 Å². The van der Waals surface area contributed by atoms with Crippen molar-refractivity contribution >= 4 is 11.6 Å². The van der Waals surface area contributed by atoms with Crippen molar-refractivity contribution in [2.75, 3.05) is 0 Å². The second-order valence-electron chi connectivity index (χ2n) is 4.07. The Morgan fingerprint density at radius 2 is 2.07 bits per heavy atom. The SMILES string of the molecule is CCC(C)[C@H](N)c1cc(Cl)cc(C)c1O. The molecule has 0 radical (unpaired) electrons. The van der Waals surface area contributed by atoms with Crippen molar-refractivity contribution < 1.29 is 5.11 Å². The molecule has 0 aliphatic rings. The van der Waals surface area contributed by atoms with Gasteiger partial charge >= 0.3 is 0 Å². The normalized spacial score (nSPS) is 15.0. The van der Waals surface area contributed by atoms with Crippen LogP contribution in [-0.2, 0) is 0 Å². The Bertz CT molecular complexity index is 352. The molecule has 0 spiro atoms. The maximum absolute atomic E-state index is 9.90. The molecule has 1 aromatic rings. The van der Waals surface area contributed by atoms with E-state index in [2.05, 4.69) is 13.8 Å². The van der Waals surface area contributed by atoms with Gasteiger partial charge in [-0.2, -0.15) is 0 Å². The van der Waals surface area contributed by atoms with Crippen LogP contribution in [0.4, 0.5) is 0 Å². The fourth-order valence-corrected chi connectivity index (χ4v) is 1.86. The van der Waals surface area contributed by atoms with E-state index in [0.717, 1.165) is 17.5 Å². The average molecular weight is 228 g/mol. The highest BCUT2D eigenvalue weighted by Crippen LogP contribution is 2.33. The summed E-state index contributed by atoms with van der Waals surface area (Å²) in [6.07, 6.45) is 0.978. The lowest BCUT2D eigenvalue weighted by atomic mass is 9.92. The lowest BCUT2D eigenvalue weighted by Crippen LogP contribution is -2.18. The smallest absolute Gasteiger partial charge is 0.123 e. The van der Waals surface area contributed by atoms with E-state index in [4.69, 9.17) is 17.3 Å². The van der Waals surface area contributed by atoms with E-state index in [1.54, 1.807) is 12.1 Å². The molecule has 0 saturated carbocycles. The maximum atomic E-state index is 9.90. The summed E-state index contributed by atoms with van der Waals surface area (Å²) in [5, 5.41) is 10.5. The Morgan fingerprint density at radius 1 is 1.47 bits per heavy atom. The van der Waals surface area contributed by atoms with Gasteiger partial charge in [0.2, 0.25) is 0 Å². The number of hydrogen-bond acceptors (Lipinski definition) is 2. The maximum Gasteiger partial charge on any atom is 0.123 e. The molecule has 1 unspecified atom stereocenters. The predicted octanol–water partition coefficient (Wildman–Crippen LogP) is 3.40. The number of phenols is 1. The van der Waals surface area contributed by atoms with Crippen LogP contribution in [0, 0.1) is 12.8 Å². The molecule has 3 heteroatoms. The monoisotopic (exact) mass is 227 g/mol. The van der Waals surface area contributed by atoms with Crippen LogP contribution in [0.15, 0.2) is 12.1 Å². The van der Waals surface area contributed by atoms with Gasteiger partial charge in [0.15, 0.2) is 0 Å². The van der Waals surface area contributed by atoms with Crippen LogP contribution in [0.25, 0.3) is 0 Å². The summed E-state index contributed by atoms with van der Waals surface area (Å²) < 4.78 is 0. The Hall–Kier alpha value is -0.730. The molecule has 0 aliphatic heterocycles. The van der Waals surface area contributed by atoms with Gasteiger partial charge in [0, 0.05) is 16.6 Å². The largest absolute Gasteiger partial charge is 0.507 e. The molecule has 2 atom stereocenters. The third-order valence-electron chi connectivity index (χ3n) is 2.91. The number of hydrogen-bond donors (Lipinski definition) is 2. The summed E-state index contributed by atoms with van der Waals surface area (Å²) in [6, 6.07) is 3.33. The van der Waals surface area contributed by atoms with Crippen molar-refractivity contribution in [2.45, 2.75) is 33.2 Å². The number of benzene rings is 1. The summed E-state index contributed by atoms with van der Waals surface area (Å²) >= 11 is 5.95. The highest BCUT2D eigenvalue weighted by Gasteiger charge is 2.18. The molecule has 0 aliphatic carbocycles. The molecule has 0 aromatic heterocycles. The Balaban J connectivity index is 3.13. The summed E-state index contributed by atoms with van der Waals surface area (Å²) in [6.45, 7) is 5.98. The van der Waals surface area contributed by atoms with E-state index in [9.17, 15) is 5.11 Å². The second kappa shape index (κ2) is 4.86. The molecular formula is C12H18ClNO. The quantitative estimate of drug-likeness (QED) is 0.832. The molecule has 15 heavy (non-hydrogen) atoms. The zero-order valence-electron chi connectivity index (χ0n) is 9.42. The molecule has 1 rings (SSSR count). The minimum absolute atomic E-state index is 0.160. The Kier molecular flexibility index (Phi) is 4.00. The van der Waals surface area contributed by atoms with Gasteiger partial charge < -0.3 is 10.8 Å². The van der Waals surface area contributed by atoms with Crippen LogP contribution in [0.3, 0.4) is 0 Å². The van der Waals surface area contributed by atoms with Gasteiger partial charge in [0.25, 0.3) is 0 Å². The standard InChI is InChI=1S/C12H18ClNO/c1-4-7(2)11(14)10-6-9(13)5-8(3)12(10)15/h5-7,11,15H,4,14H2,1-3H3/t7?,11-/m0/s1. The van der Waals surface area contributed by atoms with E-state index in [1.807, 2.05) is 6.92 Å². The van der Waals surface area contributed by atoms with E-state index in [0.29, 0.717) is 10.9 Å². The van der Waals surface area contributed by atoms with E-state index >= 15 is 0 Å². The highest BCUT2D eigenvalue weighted by atomic mass is 35.5. The van der Waals surface area contributed by atoms with Crippen molar-refractivity contribution in [3.63, 3.8) is 0 Å². The van der Waals surface area contributed by atoms with E-state index in [1.165, 1.54) is 0 Å². The molecule has 0 amide bonds. The van der Waals surface area contributed by atoms with Gasteiger partial charge in [-0.25, -0.2) is 0 Å². The van der Waals surface area contributed by atoms with Crippen molar-refractivity contribution in [1.29, 1.82) is 0 Å². The van der Waals surface area contributed by atoms with Crippen molar-refractivity contribution in [2.24, 2.45) is 11.7 Å². The summed E-state index contributed by atoms with van der Waals surface area (Å²) in [4.78, 5) is 0. The third kappa shape index (κ3) is 2.64. The zero-order chi connectivity index (χ0) is 11.6. The van der Waals surface area contributed by atoms with Crippen LogP contribution in [-0.4, -0.2) is 5.11 Å². The third-order valence-corrected chi connectivity index (χ3v) is 3.13. The number of aromatic hydroxyl groups is 1. The number of halogens is 1. The fraction of sp³-hybridized carbons (Fsp3) is 0.500.